The molecule has 2 aromatic rings. The summed E-state index contributed by atoms with van der Waals surface area (Å²) in [6.07, 6.45) is 3.60. The number of benzene rings is 1. The SMILES string of the molecule is CCc1ccc(CC(NN)c2occc2C)cc1. The maximum Gasteiger partial charge on any atom is 0.125 e. The van der Waals surface area contributed by atoms with Crippen LogP contribution in [0.4, 0.5) is 0 Å². The lowest BCUT2D eigenvalue weighted by Gasteiger charge is -2.14. The van der Waals surface area contributed by atoms with Gasteiger partial charge in [0.15, 0.2) is 0 Å². The molecule has 0 spiro atoms. The molecule has 0 aliphatic carbocycles. The van der Waals surface area contributed by atoms with Crippen molar-refractivity contribution >= 4 is 0 Å². The number of aryl methyl sites for hydroxylation is 2. The van der Waals surface area contributed by atoms with Crippen LogP contribution in [-0.2, 0) is 12.8 Å². The van der Waals surface area contributed by atoms with E-state index in [2.05, 4.69) is 36.6 Å². The zero-order valence-corrected chi connectivity index (χ0v) is 10.9. The van der Waals surface area contributed by atoms with Crippen molar-refractivity contribution < 1.29 is 4.42 Å². The van der Waals surface area contributed by atoms with Crippen LogP contribution in [-0.4, -0.2) is 0 Å². The van der Waals surface area contributed by atoms with Crippen LogP contribution in [0.15, 0.2) is 41.0 Å². The van der Waals surface area contributed by atoms with E-state index in [9.17, 15) is 0 Å². The lowest BCUT2D eigenvalue weighted by Crippen LogP contribution is -2.29. The molecule has 0 bridgehead atoms. The van der Waals surface area contributed by atoms with E-state index < -0.39 is 0 Å². The molecule has 0 aliphatic heterocycles. The van der Waals surface area contributed by atoms with Gasteiger partial charge in [0, 0.05) is 0 Å². The first-order chi connectivity index (χ1) is 8.74. The molecule has 1 unspecified atom stereocenters. The van der Waals surface area contributed by atoms with Crippen LogP contribution in [0.25, 0.3) is 0 Å². The standard InChI is InChI=1S/C15H20N2O/c1-3-12-4-6-13(7-5-12)10-14(17-16)15-11(2)8-9-18-15/h4-9,14,17H,3,10,16H2,1-2H3. The van der Waals surface area contributed by atoms with Gasteiger partial charge in [-0.3, -0.25) is 5.84 Å². The van der Waals surface area contributed by atoms with E-state index >= 15 is 0 Å². The monoisotopic (exact) mass is 244 g/mol. The van der Waals surface area contributed by atoms with Crippen LogP contribution in [0.3, 0.4) is 0 Å². The quantitative estimate of drug-likeness (QED) is 0.628. The maximum atomic E-state index is 5.63. The normalized spacial score (nSPS) is 12.6. The highest BCUT2D eigenvalue weighted by Crippen LogP contribution is 2.22. The first kappa shape index (κ1) is 12.9. The van der Waals surface area contributed by atoms with E-state index in [4.69, 9.17) is 10.3 Å². The van der Waals surface area contributed by atoms with E-state index in [1.54, 1.807) is 6.26 Å². The summed E-state index contributed by atoms with van der Waals surface area (Å²) >= 11 is 0. The Balaban J connectivity index is 2.13. The highest BCUT2D eigenvalue weighted by Gasteiger charge is 2.16. The van der Waals surface area contributed by atoms with Gasteiger partial charge >= 0.3 is 0 Å². The Kier molecular flexibility index (Phi) is 4.18. The van der Waals surface area contributed by atoms with E-state index in [1.807, 2.05) is 13.0 Å². The Hall–Kier alpha value is -1.58. The molecule has 2 rings (SSSR count). The first-order valence-corrected chi connectivity index (χ1v) is 6.32. The van der Waals surface area contributed by atoms with Gasteiger partial charge < -0.3 is 4.42 Å². The zero-order valence-electron chi connectivity index (χ0n) is 10.9. The first-order valence-electron chi connectivity index (χ1n) is 6.32. The highest BCUT2D eigenvalue weighted by molar-refractivity contribution is 5.26. The van der Waals surface area contributed by atoms with E-state index in [-0.39, 0.29) is 6.04 Å². The van der Waals surface area contributed by atoms with Gasteiger partial charge in [-0.05, 0) is 42.5 Å². The smallest absolute Gasteiger partial charge is 0.125 e. The second kappa shape index (κ2) is 5.85. The summed E-state index contributed by atoms with van der Waals surface area (Å²) in [6, 6.07) is 10.6. The molecule has 0 saturated heterocycles. The molecule has 0 aliphatic rings. The number of nitrogens with one attached hydrogen (secondary N) is 1. The minimum absolute atomic E-state index is 0.0208. The van der Waals surface area contributed by atoms with Gasteiger partial charge in [-0.2, -0.15) is 0 Å². The molecular formula is C15H20N2O. The molecule has 3 heteroatoms. The van der Waals surface area contributed by atoms with Crippen molar-refractivity contribution in [3.05, 3.63) is 59.0 Å². The third-order valence-electron chi connectivity index (χ3n) is 3.29. The van der Waals surface area contributed by atoms with Gasteiger partial charge in [0.05, 0.1) is 12.3 Å². The van der Waals surface area contributed by atoms with Crippen molar-refractivity contribution in [2.75, 3.05) is 0 Å². The van der Waals surface area contributed by atoms with Crippen molar-refractivity contribution in [2.45, 2.75) is 32.7 Å². The Morgan fingerprint density at radius 2 is 1.83 bits per heavy atom. The van der Waals surface area contributed by atoms with Crippen LogP contribution in [0.1, 0.15) is 35.4 Å². The lowest BCUT2D eigenvalue weighted by atomic mass is 10.0. The average Bonchev–Trinajstić information content (AvgIpc) is 2.83. The highest BCUT2D eigenvalue weighted by atomic mass is 16.3. The van der Waals surface area contributed by atoms with Gasteiger partial charge in [0.2, 0.25) is 0 Å². The largest absolute Gasteiger partial charge is 0.467 e. The second-order valence-electron chi connectivity index (χ2n) is 4.56. The fourth-order valence-corrected chi connectivity index (χ4v) is 2.12. The van der Waals surface area contributed by atoms with Crippen molar-refractivity contribution in [3.63, 3.8) is 0 Å². The minimum atomic E-state index is 0.0208. The summed E-state index contributed by atoms with van der Waals surface area (Å²) in [4.78, 5) is 0. The fourth-order valence-electron chi connectivity index (χ4n) is 2.12. The molecule has 0 saturated carbocycles. The molecule has 1 aromatic heterocycles. The molecule has 0 radical (unpaired) electrons. The number of hydrogen-bond donors (Lipinski definition) is 2. The Labute approximate surface area is 108 Å². The average molecular weight is 244 g/mol. The van der Waals surface area contributed by atoms with Crippen molar-refractivity contribution in [3.8, 4) is 0 Å². The summed E-state index contributed by atoms with van der Waals surface area (Å²) in [6.45, 7) is 4.19. The van der Waals surface area contributed by atoms with Gasteiger partial charge in [0.1, 0.15) is 5.76 Å². The van der Waals surface area contributed by atoms with Crippen LogP contribution in [0.2, 0.25) is 0 Å². The van der Waals surface area contributed by atoms with Crippen molar-refractivity contribution in [1.29, 1.82) is 0 Å². The molecule has 18 heavy (non-hydrogen) atoms. The minimum Gasteiger partial charge on any atom is -0.467 e. The molecule has 96 valence electrons. The molecule has 1 atom stereocenters. The van der Waals surface area contributed by atoms with Crippen LogP contribution < -0.4 is 11.3 Å². The third kappa shape index (κ3) is 2.81. The summed E-state index contributed by atoms with van der Waals surface area (Å²) in [7, 11) is 0. The molecule has 3 nitrogen and oxygen atoms in total. The number of furan rings is 1. The second-order valence-corrected chi connectivity index (χ2v) is 4.56. The van der Waals surface area contributed by atoms with E-state index in [0.717, 1.165) is 24.2 Å². The number of nitrogens with two attached hydrogens (primary N) is 1. The number of hydrazine groups is 1. The molecule has 0 fully saturated rings. The van der Waals surface area contributed by atoms with Gasteiger partial charge in [-0.25, -0.2) is 5.43 Å². The predicted molar refractivity (Wildman–Crippen MR) is 73.0 cm³/mol. The zero-order chi connectivity index (χ0) is 13.0. The summed E-state index contributed by atoms with van der Waals surface area (Å²) in [5.74, 6) is 6.54. The summed E-state index contributed by atoms with van der Waals surface area (Å²) in [5.41, 5.74) is 6.56. The maximum absolute atomic E-state index is 5.63. The third-order valence-corrected chi connectivity index (χ3v) is 3.29. The Morgan fingerprint density at radius 1 is 1.17 bits per heavy atom. The van der Waals surface area contributed by atoms with E-state index in [1.165, 1.54) is 11.1 Å². The van der Waals surface area contributed by atoms with Crippen LogP contribution in [0, 0.1) is 6.92 Å². The number of hydrogen-bond acceptors (Lipinski definition) is 3. The van der Waals surface area contributed by atoms with Crippen molar-refractivity contribution in [2.24, 2.45) is 5.84 Å². The van der Waals surface area contributed by atoms with E-state index in [0.29, 0.717) is 0 Å². The van der Waals surface area contributed by atoms with Gasteiger partial charge in [0.25, 0.3) is 0 Å². The van der Waals surface area contributed by atoms with Crippen molar-refractivity contribution in [1.82, 2.24) is 5.43 Å². The molecule has 3 N–H and O–H groups in total. The molecular weight excluding hydrogens is 224 g/mol. The number of rotatable bonds is 5. The molecule has 0 amide bonds. The lowest BCUT2D eigenvalue weighted by molar-refractivity contribution is 0.413. The Bertz CT molecular complexity index is 487. The van der Waals surface area contributed by atoms with Gasteiger partial charge in [-0.15, -0.1) is 0 Å². The predicted octanol–water partition coefficient (Wildman–Crippen LogP) is 2.90. The van der Waals surface area contributed by atoms with Crippen LogP contribution in [0.5, 0.6) is 0 Å². The molecule has 1 heterocycles. The fraction of sp³-hybridized carbons (Fsp3) is 0.333. The van der Waals surface area contributed by atoms with Gasteiger partial charge in [-0.1, -0.05) is 31.2 Å². The molecule has 1 aromatic carbocycles. The topological polar surface area (TPSA) is 51.2 Å². The van der Waals surface area contributed by atoms with Crippen LogP contribution >= 0.6 is 0 Å². The summed E-state index contributed by atoms with van der Waals surface area (Å²) in [5, 5.41) is 0. The summed E-state index contributed by atoms with van der Waals surface area (Å²) < 4.78 is 5.49. The Morgan fingerprint density at radius 3 is 2.33 bits per heavy atom.